The lowest BCUT2D eigenvalue weighted by molar-refractivity contribution is 0.0931. The summed E-state index contributed by atoms with van der Waals surface area (Å²) in [5.41, 5.74) is 6.83. The number of amides is 1. The molecule has 1 aromatic carbocycles. The third-order valence-electron chi connectivity index (χ3n) is 2.90. The molecule has 4 nitrogen and oxygen atoms in total. The van der Waals surface area contributed by atoms with Gasteiger partial charge in [-0.05, 0) is 31.9 Å². The van der Waals surface area contributed by atoms with E-state index in [1.54, 1.807) is 18.2 Å². The van der Waals surface area contributed by atoms with Gasteiger partial charge < -0.3 is 15.8 Å². The fourth-order valence-electron chi connectivity index (χ4n) is 1.80. The highest BCUT2D eigenvalue weighted by atomic mass is 16.5. The van der Waals surface area contributed by atoms with E-state index in [0.29, 0.717) is 23.6 Å². The molecule has 1 rings (SSSR count). The van der Waals surface area contributed by atoms with Gasteiger partial charge in [0.1, 0.15) is 0 Å². The summed E-state index contributed by atoms with van der Waals surface area (Å²) in [4.78, 5) is 12.2. The molecule has 0 radical (unpaired) electrons. The van der Waals surface area contributed by atoms with Crippen molar-refractivity contribution in [1.82, 2.24) is 5.32 Å². The van der Waals surface area contributed by atoms with Crippen molar-refractivity contribution in [3.63, 3.8) is 0 Å². The number of nitrogen functional groups attached to an aromatic ring is 1. The Morgan fingerprint density at radius 2 is 2.00 bits per heavy atom. The van der Waals surface area contributed by atoms with Crippen molar-refractivity contribution in [3.05, 3.63) is 23.8 Å². The molecule has 3 N–H and O–H groups in total. The van der Waals surface area contributed by atoms with Crippen LogP contribution in [0.2, 0.25) is 0 Å². The minimum atomic E-state index is -0.126. The van der Waals surface area contributed by atoms with E-state index in [4.69, 9.17) is 10.5 Å². The van der Waals surface area contributed by atoms with Gasteiger partial charge in [-0.15, -0.1) is 0 Å². The second-order valence-electron chi connectivity index (χ2n) is 4.14. The van der Waals surface area contributed by atoms with E-state index in [9.17, 15) is 4.79 Å². The summed E-state index contributed by atoms with van der Waals surface area (Å²) >= 11 is 0. The van der Waals surface area contributed by atoms with Gasteiger partial charge >= 0.3 is 0 Å². The largest absolute Gasteiger partial charge is 0.491 e. The van der Waals surface area contributed by atoms with Crippen molar-refractivity contribution in [3.8, 4) is 5.75 Å². The molecule has 1 amide bonds. The number of rotatable bonds is 6. The smallest absolute Gasteiger partial charge is 0.255 e. The average Bonchev–Trinajstić information content (AvgIpc) is 2.38. The van der Waals surface area contributed by atoms with Gasteiger partial charge in [-0.25, -0.2) is 0 Å². The Morgan fingerprint density at radius 3 is 2.56 bits per heavy atom. The van der Waals surface area contributed by atoms with E-state index < -0.39 is 0 Å². The highest BCUT2D eigenvalue weighted by Crippen LogP contribution is 2.26. The lowest BCUT2D eigenvalue weighted by atomic mass is 10.1. The van der Waals surface area contributed by atoms with Gasteiger partial charge in [0.05, 0.1) is 17.9 Å². The van der Waals surface area contributed by atoms with E-state index in [2.05, 4.69) is 19.2 Å². The van der Waals surface area contributed by atoms with Crippen LogP contribution < -0.4 is 15.8 Å². The van der Waals surface area contributed by atoms with Gasteiger partial charge in [-0.1, -0.05) is 19.9 Å². The number of anilines is 1. The van der Waals surface area contributed by atoms with Crippen LogP contribution in [0.5, 0.6) is 5.75 Å². The van der Waals surface area contributed by atoms with Crippen LogP contribution in [0.15, 0.2) is 18.2 Å². The third-order valence-corrected chi connectivity index (χ3v) is 2.90. The molecule has 4 heteroatoms. The summed E-state index contributed by atoms with van der Waals surface area (Å²) < 4.78 is 5.45. The van der Waals surface area contributed by atoms with E-state index in [-0.39, 0.29) is 11.9 Å². The number of ether oxygens (including phenoxy) is 1. The molecule has 0 fully saturated rings. The lowest BCUT2D eigenvalue weighted by Gasteiger charge is -2.17. The van der Waals surface area contributed by atoms with E-state index in [0.717, 1.165) is 12.8 Å². The molecule has 100 valence electrons. The second-order valence-corrected chi connectivity index (χ2v) is 4.14. The lowest BCUT2D eigenvalue weighted by Crippen LogP contribution is -2.34. The number of nitrogens with two attached hydrogens (primary N) is 1. The number of carbonyl (C=O) groups excluding carboxylic acids is 1. The molecule has 0 bridgehead atoms. The van der Waals surface area contributed by atoms with Gasteiger partial charge in [0.15, 0.2) is 5.75 Å². The summed E-state index contributed by atoms with van der Waals surface area (Å²) in [5.74, 6) is 0.350. The summed E-state index contributed by atoms with van der Waals surface area (Å²) in [6, 6.07) is 5.42. The molecule has 0 saturated carbocycles. The highest BCUT2D eigenvalue weighted by molar-refractivity contribution is 5.98. The number of benzene rings is 1. The van der Waals surface area contributed by atoms with Crippen LogP contribution in [0.4, 0.5) is 5.69 Å². The van der Waals surface area contributed by atoms with Crippen LogP contribution in [-0.2, 0) is 0 Å². The van der Waals surface area contributed by atoms with Crippen LogP contribution >= 0.6 is 0 Å². The first-order valence-corrected chi connectivity index (χ1v) is 6.46. The minimum Gasteiger partial charge on any atom is -0.491 e. The Morgan fingerprint density at radius 1 is 1.33 bits per heavy atom. The summed E-state index contributed by atoms with van der Waals surface area (Å²) in [6.07, 6.45) is 1.82. The maximum Gasteiger partial charge on any atom is 0.255 e. The third kappa shape index (κ3) is 3.39. The van der Waals surface area contributed by atoms with Crippen LogP contribution in [0.3, 0.4) is 0 Å². The molecule has 0 saturated heterocycles. The quantitative estimate of drug-likeness (QED) is 0.763. The Hall–Kier alpha value is -1.71. The van der Waals surface area contributed by atoms with Gasteiger partial charge in [-0.2, -0.15) is 0 Å². The van der Waals surface area contributed by atoms with Crippen LogP contribution in [0.1, 0.15) is 44.0 Å². The Balaban J connectivity index is 2.94. The number of hydrogen-bond acceptors (Lipinski definition) is 3. The average molecular weight is 250 g/mol. The fraction of sp³-hybridized carbons (Fsp3) is 0.500. The molecule has 0 aliphatic rings. The number of carbonyl (C=O) groups is 1. The van der Waals surface area contributed by atoms with Crippen LogP contribution in [0, 0.1) is 0 Å². The minimum absolute atomic E-state index is 0.126. The fourth-order valence-corrected chi connectivity index (χ4v) is 1.80. The molecule has 0 aromatic heterocycles. The van der Waals surface area contributed by atoms with Crippen molar-refractivity contribution in [2.45, 2.75) is 39.7 Å². The standard InChI is InChI=1S/C14H22N2O2/c1-4-10(5-2)16-14(17)11-8-7-9-12(15)13(11)18-6-3/h7-10H,4-6,15H2,1-3H3,(H,16,17). The first-order chi connectivity index (χ1) is 8.63. The highest BCUT2D eigenvalue weighted by Gasteiger charge is 2.16. The van der Waals surface area contributed by atoms with Crippen molar-refractivity contribution < 1.29 is 9.53 Å². The summed E-state index contributed by atoms with van der Waals surface area (Å²) in [7, 11) is 0. The van der Waals surface area contributed by atoms with Crippen molar-refractivity contribution in [1.29, 1.82) is 0 Å². The van der Waals surface area contributed by atoms with E-state index in [1.165, 1.54) is 0 Å². The maximum absolute atomic E-state index is 12.2. The first-order valence-electron chi connectivity index (χ1n) is 6.46. The predicted molar refractivity (Wildman–Crippen MR) is 73.9 cm³/mol. The topological polar surface area (TPSA) is 64.3 Å². The van der Waals surface area contributed by atoms with Crippen LogP contribution in [-0.4, -0.2) is 18.6 Å². The summed E-state index contributed by atoms with van der Waals surface area (Å²) in [6.45, 7) is 6.46. The molecule has 1 aromatic rings. The van der Waals surface area contributed by atoms with Crippen molar-refractivity contribution in [2.75, 3.05) is 12.3 Å². The zero-order chi connectivity index (χ0) is 13.5. The SMILES string of the molecule is CCOc1c(N)cccc1C(=O)NC(CC)CC. The van der Waals surface area contributed by atoms with Gasteiger partial charge in [0.2, 0.25) is 0 Å². The van der Waals surface area contributed by atoms with E-state index in [1.807, 2.05) is 6.92 Å². The monoisotopic (exact) mass is 250 g/mol. The maximum atomic E-state index is 12.2. The van der Waals surface area contributed by atoms with Crippen molar-refractivity contribution in [2.24, 2.45) is 0 Å². The molecule has 0 atom stereocenters. The predicted octanol–water partition coefficient (Wildman–Crippen LogP) is 2.59. The van der Waals surface area contributed by atoms with Gasteiger partial charge in [0.25, 0.3) is 5.91 Å². The molecule has 0 spiro atoms. The molecule has 18 heavy (non-hydrogen) atoms. The summed E-state index contributed by atoms with van der Waals surface area (Å²) in [5, 5.41) is 2.98. The zero-order valence-corrected chi connectivity index (χ0v) is 11.3. The molecule has 0 heterocycles. The molecule has 0 aliphatic carbocycles. The normalized spacial score (nSPS) is 10.4. The zero-order valence-electron chi connectivity index (χ0n) is 11.3. The van der Waals surface area contributed by atoms with Crippen LogP contribution in [0.25, 0.3) is 0 Å². The molecule has 0 unspecified atom stereocenters. The Labute approximate surface area is 109 Å². The molecular weight excluding hydrogens is 228 g/mol. The Bertz CT molecular complexity index is 401. The molecular formula is C14H22N2O2. The van der Waals surface area contributed by atoms with Gasteiger partial charge in [0, 0.05) is 6.04 Å². The number of nitrogens with one attached hydrogen (secondary N) is 1. The van der Waals surface area contributed by atoms with Gasteiger partial charge in [-0.3, -0.25) is 4.79 Å². The van der Waals surface area contributed by atoms with E-state index >= 15 is 0 Å². The number of para-hydroxylation sites is 1. The second kappa shape index (κ2) is 6.89. The number of hydrogen-bond donors (Lipinski definition) is 2. The Kier molecular flexibility index (Phi) is 5.49. The molecule has 0 aliphatic heterocycles. The first kappa shape index (κ1) is 14.4. The van der Waals surface area contributed by atoms with Crippen molar-refractivity contribution >= 4 is 11.6 Å².